The highest BCUT2D eigenvalue weighted by Crippen LogP contribution is 2.38. The number of nitrogens with two attached hydrogens (primary N) is 1. The molecule has 1 aromatic heterocycles. The predicted octanol–water partition coefficient (Wildman–Crippen LogP) is 1.78. The number of carbonyl (C=O) groups is 1. The molecule has 0 spiro atoms. The second kappa shape index (κ2) is 6.27. The molecule has 2 aromatic rings. The maximum atomic E-state index is 12.6. The highest BCUT2D eigenvalue weighted by Gasteiger charge is 2.39. The fraction of sp³-hybridized carbons (Fsp3) is 0.438. The third-order valence-corrected chi connectivity index (χ3v) is 4.43. The highest BCUT2D eigenvalue weighted by atomic mass is 16.2. The van der Waals surface area contributed by atoms with E-state index in [1.54, 1.807) is 11.0 Å². The normalized spacial score (nSPS) is 16.6. The first kappa shape index (κ1) is 14.7. The van der Waals surface area contributed by atoms with E-state index in [2.05, 4.69) is 15.4 Å². The Hall–Kier alpha value is -2.21. The Morgan fingerprint density at radius 1 is 1.36 bits per heavy atom. The number of amides is 1. The van der Waals surface area contributed by atoms with Crippen LogP contribution in [0.4, 0.5) is 5.69 Å². The number of anilines is 1. The van der Waals surface area contributed by atoms with Gasteiger partial charge in [-0.2, -0.15) is 5.10 Å². The van der Waals surface area contributed by atoms with Crippen molar-refractivity contribution in [1.82, 2.24) is 14.8 Å². The summed E-state index contributed by atoms with van der Waals surface area (Å²) < 4.78 is 1.75. The summed E-state index contributed by atoms with van der Waals surface area (Å²) >= 11 is 0. The Labute approximate surface area is 129 Å². The molecule has 6 heteroatoms. The van der Waals surface area contributed by atoms with Gasteiger partial charge < -0.3 is 11.1 Å². The number of benzene rings is 1. The van der Waals surface area contributed by atoms with Gasteiger partial charge in [0, 0.05) is 12.2 Å². The number of hydrogen-bond donors (Lipinski definition) is 2. The Morgan fingerprint density at radius 3 is 2.86 bits per heavy atom. The number of rotatable bonds is 5. The summed E-state index contributed by atoms with van der Waals surface area (Å²) in [7, 11) is 0. The van der Waals surface area contributed by atoms with Crippen molar-refractivity contribution in [2.24, 2.45) is 11.1 Å². The zero-order chi connectivity index (χ0) is 15.4. The average molecular weight is 299 g/mol. The van der Waals surface area contributed by atoms with E-state index in [0.717, 1.165) is 36.9 Å². The molecular weight excluding hydrogens is 278 g/mol. The summed E-state index contributed by atoms with van der Waals surface area (Å²) in [5.74, 6) is 0.0467. The summed E-state index contributed by atoms with van der Waals surface area (Å²) in [6.45, 7) is 1.04. The van der Waals surface area contributed by atoms with Crippen LogP contribution in [0.15, 0.2) is 36.9 Å². The Kier molecular flexibility index (Phi) is 4.20. The SMILES string of the molecule is NCC1(C(=O)Nc2cccc(Cn3cncn3)c2)CCCC1. The molecule has 6 nitrogen and oxygen atoms in total. The van der Waals surface area contributed by atoms with Crippen LogP contribution in [0.2, 0.25) is 0 Å². The van der Waals surface area contributed by atoms with Crippen LogP contribution in [0.25, 0.3) is 0 Å². The van der Waals surface area contributed by atoms with Gasteiger partial charge in [-0.15, -0.1) is 0 Å². The van der Waals surface area contributed by atoms with Gasteiger partial charge in [0.25, 0.3) is 0 Å². The van der Waals surface area contributed by atoms with Crippen molar-refractivity contribution in [2.45, 2.75) is 32.2 Å². The van der Waals surface area contributed by atoms with Gasteiger partial charge in [0.15, 0.2) is 0 Å². The van der Waals surface area contributed by atoms with Crippen molar-refractivity contribution in [3.63, 3.8) is 0 Å². The molecule has 22 heavy (non-hydrogen) atoms. The average Bonchev–Trinajstić information content (AvgIpc) is 3.19. The molecule has 1 amide bonds. The lowest BCUT2D eigenvalue weighted by Gasteiger charge is -2.25. The third kappa shape index (κ3) is 3.01. The summed E-state index contributed by atoms with van der Waals surface area (Å²) in [5, 5.41) is 7.12. The Balaban J connectivity index is 1.71. The molecule has 3 N–H and O–H groups in total. The highest BCUT2D eigenvalue weighted by molar-refractivity contribution is 5.95. The van der Waals surface area contributed by atoms with Crippen LogP contribution in [0.1, 0.15) is 31.2 Å². The van der Waals surface area contributed by atoms with Gasteiger partial charge in [-0.3, -0.25) is 4.79 Å². The molecule has 0 saturated heterocycles. The number of nitrogens with one attached hydrogen (secondary N) is 1. The summed E-state index contributed by atoms with van der Waals surface area (Å²) in [5.41, 5.74) is 7.35. The molecule has 116 valence electrons. The van der Waals surface area contributed by atoms with Crippen molar-refractivity contribution in [1.29, 1.82) is 0 Å². The van der Waals surface area contributed by atoms with Gasteiger partial charge in [0.05, 0.1) is 12.0 Å². The third-order valence-electron chi connectivity index (χ3n) is 4.43. The lowest BCUT2D eigenvalue weighted by atomic mass is 9.85. The van der Waals surface area contributed by atoms with Gasteiger partial charge in [0.1, 0.15) is 12.7 Å². The van der Waals surface area contributed by atoms with E-state index in [0.29, 0.717) is 13.1 Å². The second-order valence-corrected chi connectivity index (χ2v) is 5.94. The monoisotopic (exact) mass is 299 g/mol. The summed E-state index contributed by atoms with van der Waals surface area (Å²) in [4.78, 5) is 16.5. The largest absolute Gasteiger partial charge is 0.329 e. The predicted molar refractivity (Wildman–Crippen MR) is 84.2 cm³/mol. The maximum Gasteiger partial charge on any atom is 0.231 e. The van der Waals surface area contributed by atoms with E-state index in [-0.39, 0.29) is 11.3 Å². The minimum atomic E-state index is -0.387. The number of aromatic nitrogens is 3. The first-order valence-electron chi connectivity index (χ1n) is 7.65. The van der Waals surface area contributed by atoms with Crippen LogP contribution in [0.5, 0.6) is 0 Å². The minimum Gasteiger partial charge on any atom is -0.329 e. The first-order valence-corrected chi connectivity index (χ1v) is 7.65. The fourth-order valence-electron chi connectivity index (χ4n) is 3.09. The van der Waals surface area contributed by atoms with E-state index in [9.17, 15) is 4.79 Å². The molecule has 0 aliphatic heterocycles. The molecule has 3 rings (SSSR count). The summed E-state index contributed by atoms with van der Waals surface area (Å²) in [6.07, 6.45) is 7.11. The lowest BCUT2D eigenvalue weighted by molar-refractivity contribution is -0.124. The van der Waals surface area contributed by atoms with Gasteiger partial charge in [-0.1, -0.05) is 25.0 Å². The lowest BCUT2D eigenvalue weighted by Crippen LogP contribution is -2.40. The van der Waals surface area contributed by atoms with E-state index >= 15 is 0 Å². The fourth-order valence-corrected chi connectivity index (χ4v) is 3.09. The standard InChI is InChI=1S/C16H21N5O/c17-10-16(6-1-2-7-16)15(22)20-14-5-3-4-13(8-14)9-21-12-18-11-19-21/h3-5,8,11-12H,1-2,6-7,9-10,17H2,(H,20,22). The van der Waals surface area contributed by atoms with E-state index in [4.69, 9.17) is 5.73 Å². The smallest absolute Gasteiger partial charge is 0.231 e. The quantitative estimate of drug-likeness (QED) is 0.881. The molecule has 0 atom stereocenters. The van der Waals surface area contributed by atoms with E-state index in [1.165, 1.54) is 6.33 Å². The molecule has 0 radical (unpaired) electrons. The van der Waals surface area contributed by atoms with Crippen molar-refractivity contribution < 1.29 is 4.79 Å². The van der Waals surface area contributed by atoms with Crippen molar-refractivity contribution in [2.75, 3.05) is 11.9 Å². The van der Waals surface area contributed by atoms with Crippen LogP contribution in [-0.4, -0.2) is 27.2 Å². The molecule has 0 bridgehead atoms. The van der Waals surface area contributed by atoms with Crippen LogP contribution >= 0.6 is 0 Å². The van der Waals surface area contributed by atoms with Gasteiger partial charge in [0.2, 0.25) is 5.91 Å². The number of carbonyl (C=O) groups excluding carboxylic acids is 1. The number of nitrogens with zero attached hydrogens (tertiary/aromatic N) is 3. The molecule has 1 aliphatic carbocycles. The first-order chi connectivity index (χ1) is 10.7. The second-order valence-electron chi connectivity index (χ2n) is 5.94. The van der Waals surface area contributed by atoms with Gasteiger partial charge >= 0.3 is 0 Å². The van der Waals surface area contributed by atoms with Crippen LogP contribution < -0.4 is 11.1 Å². The molecule has 1 heterocycles. The zero-order valence-electron chi connectivity index (χ0n) is 12.5. The molecule has 0 unspecified atom stereocenters. The van der Waals surface area contributed by atoms with Crippen LogP contribution in [0.3, 0.4) is 0 Å². The van der Waals surface area contributed by atoms with E-state index in [1.807, 2.05) is 24.3 Å². The van der Waals surface area contributed by atoms with Crippen molar-refractivity contribution in [3.8, 4) is 0 Å². The van der Waals surface area contributed by atoms with Crippen LogP contribution in [0, 0.1) is 5.41 Å². The van der Waals surface area contributed by atoms with Crippen molar-refractivity contribution in [3.05, 3.63) is 42.5 Å². The zero-order valence-corrected chi connectivity index (χ0v) is 12.5. The van der Waals surface area contributed by atoms with Crippen LogP contribution in [-0.2, 0) is 11.3 Å². The Morgan fingerprint density at radius 2 is 2.18 bits per heavy atom. The molecule has 1 aliphatic rings. The number of hydrogen-bond acceptors (Lipinski definition) is 4. The van der Waals surface area contributed by atoms with Crippen molar-refractivity contribution >= 4 is 11.6 Å². The molecule has 1 saturated carbocycles. The van der Waals surface area contributed by atoms with E-state index < -0.39 is 0 Å². The molecule has 1 aromatic carbocycles. The maximum absolute atomic E-state index is 12.6. The Bertz CT molecular complexity index is 632. The van der Waals surface area contributed by atoms with Gasteiger partial charge in [-0.05, 0) is 30.5 Å². The topological polar surface area (TPSA) is 85.8 Å². The summed E-state index contributed by atoms with van der Waals surface area (Å²) in [6, 6.07) is 7.82. The van der Waals surface area contributed by atoms with Gasteiger partial charge in [-0.25, -0.2) is 9.67 Å². The molecular formula is C16H21N5O. The minimum absolute atomic E-state index is 0.0467. The molecule has 1 fully saturated rings.